The number of primary sulfonamides is 1. The molecule has 3 N–H and O–H groups in total. The van der Waals surface area contributed by atoms with E-state index in [1.54, 1.807) is 6.92 Å². The van der Waals surface area contributed by atoms with E-state index in [-0.39, 0.29) is 22.4 Å². The van der Waals surface area contributed by atoms with Gasteiger partial charge in [-0.2, -0.15) is 0 Å². The lowest BCUT2D eigenvalue weighted by Crippen LogP contribution is -2.37. The first-order valence-electron chi connectivity index (χ1n) is 6.83. The summed E-state index contributed by atoms with van der Waals surface area (Å²) >= 11 is 0. The second-order valence-electron chi connectivity index (χ2n) is 5.35. The number of ether oxygens (including phenoxy) is 1. The highest BCUT2D eigenvalue weighted by molar-refractivity contribution is 7.89. The number of nitrogens with two attached hydrogens (primary N) is 1. The molecule has 1 aliphatic carbocycles. The molecule has 1 saturated carbocycles. The van der Waals surface area contributed by atoms with Crippen LogP contribution in [0.5, 0.6) is 0 Å². The molecule has 1 unspecified atom stereocenters. The number of hydrogen-bond acceptors (Lipinski definition) is 5. The number of nitrogens with one attached hydrogen (secondary N) is 1. The molecule has 0 radical (unpaired) electrons. The maximum Gasteiger partial charge on any atom is 0.339 e. The highest BCUT2D eigenvalue weighted by Gasteiger charge is 2.27. The van der Waals surface area contributed by atoms with Crippen LogP contribution in [0.15, 0.2) is 23.1 Å². The SMILES string of the molecule is Cc1ccc(S(N)(=O)=O)cc1C(=O)OC(C)C(=O)NC1CC1. The van der Waals surface area contributed by atoms with Crippen LogP contribution in [-0.4, -0.2) is 32.4 Å². The Bertz CT molecular complexity index is 710. The fraction of sp³-hybridized carbons (Fsp3) is 0.429. The van der Waals surface area contributed by atoms with E-state index < -0.39 is 22.1 Å². The highest BCUT2D eigenvalue weighted by Crippen LogP contribution is 2.19. The maximum absolute atomic E-state index is 12.1. The summed E-state index contributed by atoms with van der Waals surface area (Å²) in [6, 6.07) is 4.09. The maximum atomic E-state index is 12.1. The summed E-state index contributed by atoms with van der Waals surface area (Å²) in [7, 11) is -3.92. The zero-order valence-corrected chi connectivity index (χ0v) is 13.1. The van der Waals surface area contributed by atoms with E-state index in [4.69, 9.17) is 9.88 Å². The van der Waals surface area contributed by atoms with Crippen molar-refractivity contribution in [1.29, 1.82) is 0 Å². The van der Waals surface area contributed by atoms with Gasteiger partial charge in [0.15, 0.2) is 6.10 Å². The van der Waals surface area contributed by atoms with Gasteiger partial charge in [-0.3, -0.25) is 4.79 Å². The molecule has 0 bridgehead atoms. The second kappa shape index (κ2) is 6.05. The minimum absolute atomic E-state index is 0.0672. The first-order chi connectivity index (χ1) is 10.2. The van der Waals surface area contributed by atoms with Crippen LogP contribution in [0.2, 0.25) is 0 Å². The van der Waals surface area contributed by atoms with Gasteiger partial charge < -0.3 is 10.1 Å². The molecule has 8 heteroatoms. The van der Waals surface area contributed by atoms with Gasteiger partial charge >= 0.3 is 5.97 Å². The standard InChI is InChI=1S/C14H18N2O5S/c1-8-3-6-11(22(15,19)20)7-12(8)14(18)21-9(2)13(17)16-10-4-5-10/h3,6-7,9-10H,4-5H2,1-2H3,(H,16,17)(H2,15,19,20). The van der Waals surface area contributed by atoms with Crippen LogP contribution in [0.3, 0.4) is 0 Å². The van der Waals surface area contributed by atoms with Crippen molar-refractivity contribution >= 4 is 21.9 Å². The van der Waals surface area contributed by atoms with Crippen LogP contribution < -0.4 is 10.5 Å². The Morgan fingerprint density at radius 1 is 1.36 bits per heavy atom. The fourth-order valence-corrected chi connectivity index (χ4v) is 2.36. The van der Waals surface area contributed by atoms with E-state index in [0.717, 1.165) is 18.9 Å². The van der Waals surface area contributed by atoms with E-state index in [1.807, 2.05) is 0 Å². The normalized spacial score (nSPS) is 16.0. The van der Waals surface area contributed by atoms with Crippen molar-refractivity contribution in [2.24, 2.45) is 5.14 Å². The second-order valence-corrected chi connectivity index (χ2v) is 6.91. The van der Waals surface area contributed by atoms with Crippen molar-refractivity contribution in [2.45, 2.75) is 43.7 Å². The molecule has 1 aromatic carbocycles. The molecule has 1 atom stereocenters. The van der Waals surface area contributed by atoms with Crippen molar-refractivity contribution in [3.63, 3.8) is 0 Å². The summed E-state index contributed by atoms with van der Waals surface area (Å²) in [4.78, 5) is 23.7. The third-order valence-corrected chi connectivity index (χ3v) is 4.25. The molecule has 2 rings (SSSR count). The summed E-state index contributed by atoms with van der Waals surface area (Å²) in [6.45, 7) is 3.10. The molecule has 0 aliphatic heterocycles. The lowest BCUT2D eigenvalue weighted by molar-refractivity contribution is -0.129. The molecule has 0 spiro atoms. The number of aryl methyl sites for hydroxylation is 1. The van der Waals surface area contributed by atoms with Gasteiger partial charge in [-0.15, -0.1) is 0 Å². The quantitative estimate of drug-likeness (QED) is 0.763. The first kappa shape index (κ1) is 16.4. The number of carbonyl (C=O) groups is 2. The molecular formula is C14H18N2O5S. The van der Waals surface area contributed by atoms with E-state index in [2.05, 4.69) is 5.32 Å². The summed E-state index contributed by atoms with van der Waals surface area (Å²) in [5.41, 5.74) is 0.602. The van der Waals surface area contributed by atoms with Crippen LogP contribution in [0, 0.1) is 6.92 Å². The van der Waals surface area contributed by atoms with Gasteiger partial charge in [-0.05, 0) is 44.4 Å². The summed E-state index contributed by atoms with van der Waals surface area (Å²) < 4.78 is 27.8. The third-order valence-electron chi connectivity index (χ3n) is 3.33. The summed E-state index contributed by atoms with van der Waals surface area (Å²) in [5, 5.41) is 7.77. The number of amides is 1. The largest absolute Gasteiger partial charge is 0.449 e. The minimum Gasteiger partial charge on any atom is -0.449 e. The van der Waals surface area contributed by atoms with Crippen LogP contribution >= 0.6 is 0 Å². The Hall–Kier alpha value is -1.93. The van der Waals surface area contributed by atoms with Gasteiger partial charge in [0.1, 0.15) is 0 Å². The lowest BCUT2D eigenvalue weighted by atomic mass is 10.1. The van der Waals surface area contributed by atoms with Gasteiger partial charge in [0.2, 0.25) is 10.0 Å². The molecule has 0 heterocycles. The van der Waals surface area contributed by atoms with Crippen molar-refractivity contribution < 1.29 is 22.7 Å². The molecule has 0 saturated heterocycles. The van der Waals surface area contributed by atoms with Crippen molar-refractivity contribution in [2.75, 3.05) is 0 Å². The first-order valence-corrected chi connectivity index (χ1v) is 8.38. The predicted molar refractivity (Wildman–Crippen MR) is 78.6 cm³/mol. The van der Waals surface area contributed by atoms with E-state index in [1.165, 1.54) is 19.1 Å². The van der Waals surface area contributed by atoms with Gasteiger partial charge in [0, 0.05) is 6.04 Å². The Morgan fingerprint density at radius 3 is 2.55 bits per heavy atom. The van der Waals surface area contributed by atoms with Crippen molar-refractivity contribution in [3.05, 3.63) is 29.3 Å². The minimum atomic E-state index is -3.92. The molecule has 1 fully saturated rings. The molecule has 0 aromatic heterocycles. The van der Waals surface area contributed by atoms with Crippen LogP contribution in [-0.2, 0) is 19.6 Å². The third kappa shape index (κ3) is 4.05. The Morgan fingerprint density at radius 2 is 2.00 bits per heavy atom. The lowest BCUT2D eigenvalue weighted by Gasteiger charge is -2.14. The molecule has 1 amide bonds. The molecule has 22 heavy (non-hydrogen) atoms. The number of rotatable bonds is 5. The van der Waals surface area contributed by atoms with E-state index >= 15 is 0 Å². The molecule has 120 valence electrons. The van der Waals surface area contributed by atoms with Gasteiger partial charge in [-0.25, -0.2) is 18.4 Å². The van der Waals surface area contributed by atoms with Gasteiger partial charge in [-0.1, -0.05) is 6.07 Å². The van der Waals surface area contributed by atoms with Gasteiger partial charge in [0.25, 0.3) is 5.91 Å². The number of benzene rings is 1. The van der Waals surface area contributed by atoms with Crippen LogP contribution in [0.1, 0.15) is 35.7 Å². The smallest absolute Gasteiger partial charge is 0.339 e. The Kier molecular flexibility index (Phi) is 4.52. The fourth-order valence-electron chi connectivity index (χ4n) is 1.82. The number of esters is 1. The van der Waals surface area contributed by atoms with Gasteiger partial charge in [0.05, 0.1) is 10.5 Å². The van der Waals surface area contributed by atoms with Crippen molar-refractivity contribution in [1.82, 2.24) is 5.32 Å². The predicted octanol–water partition coefficient (Wildman–Crippen LogP) is 0.466. The van der Waals surface area contributed by atoms with Crippen molar-refractivity contribution in [3.8, 4) is 0 Å². The number of hydrogen-bond donors (Lipinski definition) is 2. The summed E-state index contributed by atoms with van der Waals surface area (Å²) in [6.07, 6.45) is 0.912. The zero-order valence-electron chi connectivity index (χ0n) is 12.3. The molecule has 1 aliphatic rings. The average molecular weight is 326 g/mol. The van der Waals surface area contributed by atoms with E-state index in [9.17, 15) is 18.0 Å². The molecular weight excluding hydrogens is 308 g/mol. The molecule has 1 aromatic rings. The number of sulfonamides is 1. The zero-order chi connectivity index (χ0) is 16.5. The number of carbonyl (C=O) groups excluding carboxylic acids is 2. The Balaban J connectivity index is 2.12. The van der Waals surface area contributed by atoms with Crippen LogP contribution in [0.25, 0.3) is 0 Å². The summed E-state index contributed by atoms with van der Waals surface area (Å²) in [5.74, 6) is -1.13. The highest BCUT2D eigenvalue weighted by atomic mass is 32.2. The Labute approximate surface area is 128 Å². The molecule has 7 nitrogen and oxygen atoms in total. The topological polar surface area (TPSA) is 116 Å². The van der Waals surface area contributed by atoms with Crippen LogP contribution in [0.4, 0.5) is 0 Å². The monoisotopic (exact) mass is 326 g/mol. The van der Waals surface area contributed by atoms with E-state index in [0.29, 0.717) is 5.56 Å². The average Bonchev–Trinajstić information content (AvgIpc) is 3.21.